The second kappa shape index (κ2) is 34.1. The van der Waals surface area contributed by atoms with E-state index >= 15 is 0 Å². The van der Waals surface area contributed by atoms with E-state index in [-0.39, 0.29) is 13.4 Å². The Morgan fingerprint density at radius 1 is 0.185 bits per heavy atom. The first kappa shape index (κ1) is 80.2. The zero-order chi connectivity index (χ0) is 89.4. The minimum Gasteiger partial charge on any atom is -0.310 e. The van der Waals surface area contributed by atoms with Gasteiger partial charge in [0.1, 0.15) is 0 Å². The maximum atomic E-state index is 2.73. The summed E-state index contributed by atoms with van der Waals surface area (Å²) in [5, 5.41) is 0. The smallest absolute Gasteiger partial charge is 0.252 e. The minimum atomic E-state index is -0.347. The topological polar surface area (TPSA) is 16.2 Å². The van der Waals surface area contributed by atoms with Crippen molar-refractivity contribution in [1.29, 1.82) is 0 Å². The number of anilines is 15. The summed E-state index contributed by atoms with van der Waals surface area (Å²) < 4.78 is 0. The van der Waals surface area contributed by atoms with Crippen LogP contribution in [0.2, 0.25) is 0 Å². The van der Waals surface area contributed by atoms with Crippen molar-refractivity contribution in [2.75, 3.05) is 24.5 Å². The normalized spacial score (nSPS) is 12.4. The molecule has 4 aliphatic rings. The number of rotatable bonds is 18. The van der Waals surface area contributed by atoms with Gasteiger partial charge in [-0.25, -0.2) is 0 Å². The van der Waals surface area contributed by atoms with Gasteiger partial charge in [0.15, 0.2) is 0 Å². The van der Waals surface area contributed by atoms with Crippen molar-refractivity contribution < 1.29 is 0 Å². The van der Waals surface area contributed by atoms with Gasteiger partial charge >= 0.3 is 0 Å². The SMILES string of the molecule is Cc1cccc(-c2ccccc2)c1N1c2cc3c(cc2B2c4ccccc4N(c4c(-c5ccccc5)cccc4-c4ccccc4)c4cc(N(c5ccccc5)c5c(-c6ccccc6)cccc5-c5ccccc5)cc1c42)B1c2ccccc2N(c2c(-c4ccccc4)cccc2-c2ccccc2)c2cc(N(c4ccccc4)c4c(-c5ccccc5)cccc4-c4ccccc4)cc(c21)S3. The number of hydrogen-bond donors (Lipinski definition) is 0. The highest BCUT2D eigenvalue weighted by Gasteiger charge is 2.50. The molecule has 0 saturated carbocycles. The summed E-state index contributed by atoms with van der Waals surface area (Å²) in [7, 11) is 0. The van der Waals surface area contributed by atoms with Crippen LogP contribution in [0, 0.1) is 6.92 Å². The zero-order valence-corrected chi connectivity index (χ0v) is 75.1. The Bertz CT molecular complexity index is 7850. The molecule has 21 aromatic rings. The molecular formula is C127H87B2N5S. The van der Waals surface area contributed by atoms with Crippen molar-refractivity contribution in [1.82, 2.24) is 0 Å². The summed E-state index contributed by atoms with van der Waals surface area (Å²) in [5.41, 5.74) is 44.7. The van der Waals surface area contributed by atoms with Gasteiger partial charge in [0.25, 0.3) is 6.71 Å². The van der Waals surface area contributed by atoms with Crippen molar-refractivity contribution >= 4 is 143 Å². The molecule has 0 atom stereocenters. The van der Waals surface area contributed by atoms with Gasteiger partial charge in [0, 0.05) is 111 Å². The average molecular weight is 1740 g/mol. The van der Waals surface area contributed by atoms with Gasteiger partial charge in [-0.1, -0.05) is 460 Å². The van der Waals surface area contributed by atoms with Crippen molar-refractivity contribution in [3.05, 3.63) is 515 Å². The third-order valence-electron chi connectivity index (χ3n) is 27.6. The largest absolute Gasteiger partial charge is 0.310 e. The van der Waals surface area contributed by atoms with Gasteiger partial charge in [-0.15, -0.1) is 0 Å². The molecule has 0 saturated heterocycles. The number of benzene rings is 21. The first-order valence-corrected chi connectivity index (χ1v) is 47.4. The molecule has 8 heteroatoms. The van der Waals surface area contributed by atoms with Crippen molar-refractivity contribution in [2.24, 2.45) is 0 Å². The lowest BCUT2D eigenvalue weighted by Crippen LogP contribution is -2.64. The molecule has 0 bridgehead atoms. The average Bonchev–Trinajstić information content (AvgIpc) is 0.677. The van der Waals surface area contributed by atoms with Crippen molar-refractivity contribution in [2.45, 2.75) is 16.7 Å². The van der Waals surface area contributed by atoms with Crippen LogP contribution in [0.1, 0.15) is 5.56 Å². The molecule has 4 aliphatic heterocycles. The molecule has 0 unspecified atom stereocenters. The van der Waals surface area contributed by atoms with Gasteiger partial charge in [-0.05, 0) is 157 Å². The Balaban J connectivity index is 0.822. The molecule has 0 aliphatic carbocycles. The lowest BCUT2D eigenvalue weighted by Gasteiger charge is -2.47. The van der Waals surface area contributed by atoms with Crippen LogP contribution in [0.25, 0.3) is 100 Å². The first-order chi connectivity index (χ1) is 67.0. The summed E-state index contributed by atoms with van der Waals surface area (Å²) in [5.74, 6) is 0. The minimum absolute atomic E-state index is 0.289. The first-order valence-electron chi connectivity index (χ1n) is 46.6. The van der Waals surface area contributed by atoms with E-state index in [1.807, 2.05) is 11.8 Å². The summed E-state index contributed by atoms with van der Waals surface area (Å²) in [6, 6.07) is 191. The van der Waals surface area contributed by atoms with Crippen LogP contribution in [-0.2, 0) is 0 Å². The van der Waals surface area contributed by atoms with E-state index in [4.69, 9.17) is 0 Å². The number of hydrogen-bond acceptors (Lipinski definition) is 6. The molecule has 21 aromatic carbocycles. The Kier molecular flexibility index (Phi) is 20.3. The lowest BCUT2D eigenvalue weighted by molar-refractivity contribution is 1.21. The molecule has 5 nitrogen and oxygen atoms in total. The number of nitrogens with zero attached hydrogens (tertiary/aromatic N) is 5. The van der Waals surface area contributed by atoms with E-state index in [1.54, 1.807) is 0 Å². The maximum Gasteiger partial charge on any atom is 0.252 e. The molecule has 4 heterocycles. The Hall–Kier alpha value is -16.9. The number of fused-ring (bicyclic) bond motifs is 8. The van der Waals surface area contributed by atoms with Crippen molar-refractivity contribution in [3.8, 4) is 100 Å². The maximum absolute atomic E-state index is 2.73. The van der Waals surface area contributed by atoms with Crippen LogP contribution < -0.4 is 57.3 Å². The molecule has 0 N–H and O–H groups in total. The third kappa shape index (κ3) is 13.8. The van der Waals surface area contributed by atoms with Crippen LogP contribution in [0.3, 0.4) is 0 Å². The summed E-state index contributed by atoms with van der Waals surface area (Å²) in [4.78, 5) is 15.6. The van der Waals surface area contributed by atoms with E-state index in [2.05, 4.69) is 541 Å². The zero-order valence-electron chi connectivity index (χ0n) is 74.3. The van der Waals surface area contributed by atoms with Gasteiger partial charge in [-0.3, -0.25) is 0 Å². The van der Waals surface area contributed by atoms with E-state index < -0.39 is 0 Å². The van der Waals surface area contributed by atoms with E-state index in [0.717, 1.165) is 191 Å². The van der Waals surface area contributed by atoms with E-state index in [1.165, 1.54) is 42.6 Å². The Morgan fingerprint density at radius 2 is 0.452 bits per heavy atom. The molecular weight excluding hydrogens is 1650 g/mol. The fraction of sp³-hybridized carbons (Fsp3) is 0.00787. The van der Waals surface area contributed by atoms with Gasteiger partial charge in [-0.2, -0.15) is 0 Å². The standard InChI is InChI=1S/C127H87B2N5S/c1-86-44-39-67-100(87-45-13-2-14-46-87)123(86)134-115-85-119-112(129-110-77-36-38-79-114(110)133(127-107(94-59-27-9-28-60-94)74-43-75-108(127)95-61-29-10-30-62-95)118-82-99(83-120(135-119)122(118)129)131(97-65-33-12-34-66-97)125-103(90-51-19-5-20-52-90)70-41-71-104(125)91-53-21-6-22-54-91)84-111(115)128-109-76-35-37-78-113(109)132(126-105(92-55-23-7-24-56-92)72-42-73-106(126)93-57-25-8-26-58-93)116-80-98(81-117(134)121(116)128)130(96-63-31-11-32-64-96)124-101(88-47-15-3-16-48-88)68-40-69-102(124)89-49-17-4-18-50-89/h2-85H,1H3. The molecule has 25 rings (SSSR count). The van der Waals surface area contributed by atoms with Crippen LogP contribution in [0.4, 0.5) is 85.3 Å². The fourth-order valence-corrected chi connectivity index (χ4v) is 23.0. The summed E-state index contributed by atoms with van der Waals surface area (Å²) in [6.07, 6.45) is 0. The summed E-state index contributed by atoms with van der Waals surface area (Å²) in [6.45, 7) is 1.70. The molecule has 632 valence electrons. The third-order valence-corrected chi connectivity index (χ3v) is 28.7. The molecule has 0 spiro atoms. The van der Waals surface area contributed by atoms with Gasteiger partial charge < -0.3 is 24.5 Å². The highest BCUT2D eigenvalue weighted by Crippen LogP contribution is 2.59. The Labute approximate surface area is 793 Å². The van der Waals surface area contributed by atoms with Crippen LogP contribution in [0.15, 0.2) is 519 Å². The van der Waals surface area contributed by atoms with Gasteiger partial charge in [0.2, 0.25) is 6.71 Å². The molecule has 0 amide bonds. The quantitative estimate of drug-likeness (QED) is 0.0790. The van der Waals surface area contributed by atoms with E-state index in [9.17, 15) is 0 Å². The fourth-order valence-electron chi connectivity index (χ4n) is 21.8. The summed E-state index contributed by atoms with van der Waals surface area (Å²) >= 11 is 1.92. The predicted octanol–water partition coefficient (Wildman–Crippen LogP) is 30.8. The number of aryl methyl sites for hydroxylation is 1. The lowest BCUT2D eigenvalue weighted by atomic mass is 9.31. The molecule has 0 fully saturated rings. The van der Waals surface area contributed by atoms with Crippen molar-refractivity contribution in [3.63, 3.8) is 0 Å². The Morgan fingerprint density at radius 3 is 0.800 bits per heavy atom. The highest BCUT2D eigenvalue weighted by molar-refractivity contribution is 8.00. The second-order valence-corrected chi connectivity index (χ2v) is 36.3. The van der Waals surface area contributed by atoms with Crippen LogP contribution >= 0.6 is 11.8 Å². The predicted molar refractivity (Wildman–Crippen MR) is 573 cm³/mol. The second-order valence-electron chi connectivity index (χ2n) is 35.2. The van der Waals surface area contributed by atoms with Gasteiger partial charge in [0.05, 0.1) is 34.1 Å². The highest BCUT2D eigenvalue weighted by atomic mass is 32.2. The monoisotopic (exact) mass is 1740 g/mol. The van der Waals surface area contributed by atoms with Crippen LogP contribution in [0.5, 0.6) is 0 Å². The number of para-hydroxylation sites is 9. The molecule has 135 heavy (non-hydrogen) atoms. The van der Waals surface area contributed by atoms with E-state index in [0.29, 0.717) is 0 Å². The molecule has 0 aromatic heterocycles. The van der Waals surface area contributed by atoms with Crippen LogP contribution in [-0.4, -0.2) is 13.4 Å². The molecule has 0 radical (unpaired) electrons.